The van der Waals surface area contributed by atoms with Gasteiger partial charge in [0.25, 0.3) is 0 Å². The van der Waals surface area contributed by atoms with Crippen molar-refractivity contribution in [3.8, 4) is 0 Å². The maximum atomic E-state index is 3.78. The van der Waals surface area contributed by atoms with Crippen LogP contribution in [-0.2, 0) is 6.54 Å². The summed E-state index contributed by atoms with van der Waals surface area (Å²) in [6, 6.07) is 8.30. The standard InChI is InChI=1S/C12H15N/c1-4-11-5-7-12(8-6-11)9-13-10(2)3/h4-8,13H,1-2,9H2,3H3. The van der Waals surface area contributed by atoms with Crippen molar-refractivity contribution < 1.29 is 0 Å². The zero-order valence-corrected chi connectivity index (χ0v) is 8.01. The van der Waals surface area contributed by atoms with Gasteiger partial charge in [0.05, 0.1) is 0 Å². The molecule has 0 bridgehead atoms. The van der Waals surface area contributed by atoms with E-state index in [0.717, 1.165) is 17.8 Å². The number of allylic oxidation sites excluding steroid dienone is 1. The van der Waals surface area contributed by atoms with Crippen molar-refractivity contribution in [2.24, 2.45) is 0 Å². The molecule has 0 saturated carbocycles. The zero-order valence-electron chi connectivity index (χ0n) is 8.01. The number of nitrogens with one attached hydrogen (secondary N) is 1. The van der Waals surface area contributed by atoms with Gasteiger partial charge in [0.2, 0.25) is 0 Å². The fourth-order valence-corrected chi connectivity index (χ4v) is 1.02. The fraction of sp³-hybridized carbons (Fsp3) is 0.167. The molecule has 1 nitrogen and oxygen atoms in total. The van der Waals surface area contributed by atoms with Gasteiger partial charge in [0.15, 0.2) is 0 Å². The Labute approximate surface area is 79.8 Å². The molecule has 0 aliphatic heterocycles. The molecule has 0 fully saturated rings. The third-order valence-corrected chi connectivity index (χ3v) is 1.81. The van der Waals surface area contributed by atoms with E-state index in [1.165, 1.54) is 5.56 Å². The molecule has 0 saturated heterocycles. The van der Waals surface area contributed by atoms with Gasteiger partial charge < -0.3 is 5.32 Å². The van der Waals surface area contributed by atoms with Crippen molar-refractivity contribution in [2.75, 3.05) is 0 Å². The van der Waals surface area contributed by atoms with Crippen LogP contribution in [0.15, 0.2) is 43.1 Å². The maximum Gasteiger partial charge on any atom is 0.0397 e. The van der Waals surface area contributed by atoms with Gasteiger partial charge in [-0.05, 0) is 18.1 Å². The van der Waals surface area contributed by atoms with Crippen LogP contribution in [0.2, 0.25) is 0 Å². The Hall–Kier alpha value is -1.50. The molecule has 0 amide bonds. The van der Waals surface area contributed by atoms with E-state index in [4.69, 9.17) is 0 Å². The summed E-state index contributed by atoms with van der Waals surface area (Å²) >= 11 is 0. The lowest BCUT2D eigenvalue weighted by molar-refractivity contribution is 0.816. The molecule has 0 spiro atoms. The minimum absolute atomic E-state index is 0.840. The van der Waals surface area contributed by atoms with Gasteiger partial charge in [0, 0.05) is 12.2 Å². The molecular weight excluding hydrogens is 158 g/mol. The summed E-state index contributed by atoms with van der Waals surface area (Å²) in [5.74, 6) is 0. The number of hydrogen-bond acceptors (Lipinski definition) is 1. The van der Waals surface area contributed by atoms with E-state index in [1.54, 1.807) is 0 Å². The summed E-state index contributed by atoms with van der Waals surface area (Å²) in [6.45, 7) is 10.3. The van der Waals surface area contributed by atoms with Gasteiger partial charge in [-0.3, -0.25) is 0 Å². The molecule has 1 aromatic carbocycles. The first-order valence-corrected chi connectivity index (χ1v) is 4.33. The summed E-state index contributed by atoms with van der Waals surface area (Å²) in [5.41, 5.74) is 3.40. The molecule has 1 N–H and O–H groups in total. The molecule has 0 atom stereocenters. The lowest BCUT2D eigenvalue weighted by Crippen LogP contribution is -2.08. The Morgan fingerprint density at radius 3 is 2.46 bits per heavy atom. The van der Waals surface area contributed by atoms with Crippen molar-refractivity contribution in [3.05, 3.63) is 54.2 Å². The van der Waals surface area contributed by atoms with E-state index in [0.29, 0.717) is 0 Å². The van der Waals surface area contributed by atoms with Crippen molar-refractivity contribution in [3.63, 3.8) is 0 Å². The molecular formula is C12H15N. The van der Waals surface area contributed by atoms with Crippen molar-refractivity contribution in [1.82, 2.24) is 5.32 Å². The van der Waals surface area contributed by atoms with E-state index >= 15 is 0 Å². The highest BCUT2D eigenvalue weighted by Crippen LogP contribution is 2.05. The van der Waals surface area contributed by atoms with Crippen LogP contribution in [-0.4, -0.2) is 0 Å². The molecule has 0 aliphatic rings. The summed E-state index contributed by atoms with van der Waals surface area (Å²) in [6.07, 6.45) is 1.84. The van der Waals surface area contributed by atoms with Crippen molar-refractivity contribution >= 4 is 6.08 Å². The minimum Gasteiger partial charge on any atom is -0.385 e. The SMILES string of the molecule is C=Cc1ccc(CNC(=C)C)cc1. The Kier molecular flexibility index (Phi) is 3.32. The average Bonchev–Trinajstić information content (AvgIpc) is 2.15. The van der Waals surface area contributed by atoms with E-state index in [1.807, 2.05) is 13.0 Å². The van der Waals surface area contributed by atoms with Crippen LogP contribution in [0.1, 0.15) is 18.1 Å². The van der Waals surface area contributed by atoms with Crippen molar-refractivity contribution in [1.29, 1.82) is 0 Å². The maximum absolute atomic E-state index is 3.78. The van der Waals surface area contributed by atoms with Crippen LogP contribution in [0.4, 0.5) is 0 Å². The van der Waals surface area contributed by atoms with Crippen LogP contribution >= 0.6 is 0 Å². The van der Waals surface area contributed by atoms with E-state index in [2.05, 4.69) is 42.7 Å². The molecule has 68 valence electrons. The van der Waals surface area contributed by atoms with Gasteiger partial charge in [-0.1, -0.05) is 43.5 Å². The fourth-order valence-electron chi connectivity index (χ4n) is 1.02. The smallest absolute Gasteiger partial charge is 0.0397 e. The average molecular weight is 173 g/mol. The second kappa shape index (κ2) is 4.51. The molecule has 0 radical (unpaired) electrons. The molecule has 1 heteroatoms. The topological polar surface area (TPSA) is 12.0 Å². The first kappa shape index (κ1) is 9.59. The normalized spacial score (nSPS) is 9.31. The molecule has 0 aliphatic carbocycles. The summed E-state index contributed by atoms with van der Waals surface area (Å²) in [4.78, 5) is 0. The van der Waals surface area contributed by atoms with E-state index < -0.39 is 0 Å². The second-order valence-corrected chi connectivity index (χ2v) is 3.08. The van der Waals surface area contributed by atoms with Gasteiger partial charge in [0.1, 0.15) is 0 Å². The van der Waals surface area contributed by atoms with Crippen LogP contribution < -0.4 is 5.32 Å². The van der Waals surface area contributed by atoms with Crippen LogP contribution in [0, 0.1) is 0 Å². The highest BCUT2D eigenvalue weighted by Gasteiger charge is 1.91. The summed E-state index contributed by atoms with van der Waals surface area (Å²) in [5, 5.41) is 3.18. The molecule has 0 aromatic heterocycles. The third kappa shape index (κ3) is 3.16. The summed E-state index contributed by atoms with van der Waals surface area (Å²) < 4.78 is 0. The minimum atomic E-state index is 0.840. The van der Waals surface area contributed by atoms with Crippen LogP contribution in [0.25, 0.3) is 6.08 Å². The highest BCUT2D eigenvalue weighted by molar-refractivity contribution is 5.47. The van der Waals surface area contributed by atoms with Crippen LogP contribution in [0.3, 0.4) is 0 Å². The Bertz CT molecular complexity index is 295. The Balaban J connectivity index is 2.59. The molecule has 1 aromatic rings. The Morgan fingerprint density at radius 1 is 1.38 bits per heavy atom. The van der Waals surface area contributed by atoms with E-state index in [9.17, 15) is 0 Å². The molecule has 13 heavy (non-hydrogen) atoms. The predicted octanol–water partition coefficient (Wildman–Crippen LogP) is 2.95. The molecule has 1 rings (SSSR count). The summed E-state index contributed by atoms with van der Waals surface area (Å²) in [7, 11) is 0. The quantitative estimate of drug-likeness (QED) is 0.738. The largest absolute Gasteiger partial charge is 0.385 e. The van der Waals surface area contributed by atoms with Crippen molar-refractivity contribution in [2.45, 2.75) is 13.5 Å². The first-order valence-electron chi connectivity index (χ1n) is 4.33. The monoisotopic (exact) mass is 173 g/mol. The first-order chi connectivity index (χ1) is 6.22. The molecule has 0 heterocycles. The Morgan fingerprint density at radius 2 is 2.00 bits per heavy atom. The van der Waals surface area contributed by atoms with Gasteiger partial charge in [-0.25, -0.2) is 0 Å². The van der Waals surface area contributed by atoms with Gasteiger partial charge in [-0.15, -0.1) is 0 Å². The molecule has 0 unspecified atom stereocenters. The number of rotatable bonds is 4. The zero-order chi connectivity index (χ0) is 9.68. The lowest BCUT2D eigenvalue weighted by Gasteiger charge is -2.04. The van der Waals surface area contributed by atoms with Crippen LogP contribution in [0.5, 0.6) is 0 Å². The number of benzene rings is 1. The number of hydrogen-bond donors (Lipinski definition) is 1. The predicted molar refractivity (Wildman–Crippen MR) is 58.2 cm³/mol. The highest BCUT2D eigenvalue weighted by atomic mass is 14.9. The third-order valence-electron chi connectivity index (χ3n) is 1.81. The second-order valence-electron chi connectivity index (χ2n) is 3.08. The van der Waals surface area contributed by atoms with E-state index in [-0.39, 0.29) is 0 Å². The van der Waals surface area contributed by atoms with Gasteiger partial charge >= 0.3 is 0 Å². The lowest BCUT2D eigenvalue weighted by atomic mass is 10.1. The van der Waals surface area contributed by atoms with Gasteiger partial charge in [-0.2, -0.15) is 0 Å².